The standard InChI is InChI=1S/C12H10Br2FNS/c13-7-1-3-10(15)9(5-7)11(16)6-8-2-4-12(14)17-8/h1-5,11H,6,16H2. The molecule has 5 heteroatoms. The second-order valence-electron chi connectivity index (χ2n) is 3.68. The summed E-state index contributed by atoms with van der Waals surface area (Å²) in [7, 11) is 0. The van der Waals surface area contributed by atoms with Gasteiger partial charge in [0.2, 0.25) is 0 Å². The highest BCUT2D eigenvalue weighted by atomic mass is 79.9. The van der Waals surface area contributed by atoms with Gasteiger partial charge in [-0.25, -0.2) is 4.39 Å². The van der Waals surface area contributed by atoms with Crippen LogP contribution in [0.3, 0.4) is 0 Å². The number of rotatable bonds is 3. The number of benzene rings is 1. The van der Waals surface area contributed by atoms with Gasteiger partial charge < -0.3 is 5.73 Å². The first-order chi connectivity index (χ1) is 8.06. The molecule has 2 aromatic rings. The second kappa shape index (κ2) is 5.61. The Labute approximate surface area is 120 Å². The molecule has 0 bridgehead atoms. The van der Waals surface area contributed by atoms with Crippen molar-refractivity contribution in [1.29, 1.82) is 0 Å². The molecule has 1 nitrogen and oxygen atoms in total. The van der Waals surface area contributed by atoms with Gasteiger partial charge in [-0.3, -0.25) is 0 Å². The average Bonchev–Trinajstić information content (AvgIpc) is 2.67. The van der Waals surface area contributed by atoms with Gasteiger partial charge in [-0.15, -0.1) is 11.3 Å². The van der Waals surface area contributed by atoms with Gasteiger partial charge in [-0.2, -0.15) is 0 Å². The molecule has 1 heterocycles. The normalized spacial score (nSPS) is 12.7. The molecule has 0 saturated heterocycles. The molecule has 0 radical (unpaired) electrons. The van der Waals surface area contributed by atoms with Crippen molar-refractivity contribution in [2.45, 2.75) is 12.5 Å². The Morgan fingerprint density at radius 1 is 1.24 bits per heavy atom. The zero-order valence-electron chi connectivity index (χ0n) is 8.79. The lowest BCUT2D eigenvalue weighted by Gasteiger charge is -2.12. The van der Waals surface area contributed by atoms with Gasteiger partial charge >= 0.3 is 0 Å². The quantitative estimate of drug-likeness (QED) is 0.826. The zero-order valence-corrected chi connectivity index (χ0v) is 12.8. The van der Waals surface area contributed by atoms with Gasteiger partial charge in [0.15, 0.2) is 0 Å². The predicted octanol–water partition coefficient (Wildman–Crippen LogP) is 4.65. The van der Waals surface area contributed by atoms with Crippen molar-refractivity contribution in [3.8, 4) is 0 Å². The molecule has 2 N–H and O–H groups in total. The van der Waals surface area contributed by atoms with E-state index >= 15 is 0 Å². The fourth-order valence-electron chi connectivity index (χ4n) is 1.59. The molecule has 0 aliphatic carbocycles. The van der Waals surface area contributed by atoms with E-state index in [1.54, 1.807) is 23.5 Å². The van der Waals surface area contributed by atoms with Crippen molar-refractivity contribution < 1.29 is 4.39 Å². The first-order valence-electron chi connectivity index (χ1n) is 5.01. The fourth-order valence-corrected chi connectivity index (χ4v) is 3.51. The van der Waals surface area contributed by atoms with Gasteiger partial charge in [0, 0.05) is 27.4 Å². The first kappa shape index (κ1) is 13.2. The van der Waals surface area contributed by atoms with E-state index < -0.39 is 0 Å². The Kier molecular flexibility index (Phi) is 4.36. The average molecular weight is 379 g/mol. The maximum absolute atomic E-state index is 13.6. The number of hydrogen-bond donors (Lipinski definition) is 1. The van der Waals surface area contributed by atoms with Crippen molar-refractivity contribution in [3.05, 3.63) is 54.8 Å². The van der Waals surface area contributed by atoms with Crippen LogP contribution in [0, 0.1) is 5.82 Å². The van der Waals surface area contributed by atoms with Crippen LogP contribution in [-0.2, 0) is 6.42 Å². The summed E-state index contributed by atoms with van der Waals surface area (Å²) in [5, 5.41) is 0. The van der Waals surface area contributed by atoms with Gasteiger partial charge in [0.25, 0.3) is 0 Å². The highest BCUT2D eigenvalue weighted by molar-refractivity contribution is 9.11. The highest BCUT2D eigenvalue weighted by Crippen LogP contribution is 2.28. The summed E-state index contributed by atoms with van der Waals surface area (Å²) >= 11 is 8.35. The maximum atomic E-state index is 13.6. The topological polar surface area (TPSA) is 26.0 Å². The Morgan fingerprint density at radius 2 is 2.00 bits per heavy atom. The Balaban J connectivity index is 2.19. The summed E-state index contributed by atoms with van der Waals surface area (Å²) in [4.78, 5) is 1.14. The van der Waals surface area contributed by atoms with E-state index in [1.807, 2.05) is 12.1 Å². The van der Waals surface area contributed by atoms with Crippen molar-refractivity contribution in [2.24, 2.45) is 5.73 Å². The molecule has 0 aliphatic rings. The van der Waals surface area contributed by atoms with Crippen LogP contribution in [0.5, 0.6) is 0 Å². The van der Waals surface area contributed by atoms with Gasteiger partial charge in [-0.05, 0) is 46.3 Å². The van der Waals surface area contributed by atoms with E-state index in [-0.39, 0.29) is 11.9 Å². The van der Waals surface area contributed by atoms with Gasteiger partial charge in [0.05, 0.1) is 3.79 Å². The van der Waals surface area contributed by atoms with Crippen LogP contribution in [0.1, 0.15) is 16.5 Å². The van der Waals surface area contributed by atoms with E-state index in [0.717, 1.165) is 13.1 Å². The SMILES string of the molecule is NC(Cc1ccc(Br)s1)c1cc(Br)ccc1F. The number of halogens is 3. The molecule has 0 amide bonds. The largest absolute Gasteiger partial charge is 0.324 e. The minimum Gasteiger partial charge on any atom is -0.324 e. The molecule has 0 fully saturated rings. The Hall–Kier alpha value is -0.230. The summed E-state index contributed by atoms with van der Waals surface area (Å²) in [6, 6.07) is 8.51. The molecule has 0 saturated carbocycles. The van der Waals surface area contributed by atoms with E-state index in [9.17, 15) is 4.39 Å². The van der Waals surface area contributed by atoms with Gasteiger partial charge in [-0.1, -0.05) is 15.9 Å². The summed E-state index contributed by atoms with van der Waals surface area (Å²) in [6.45, 7) is 0. The van der Waals surface area contributed by atoms with Crippen molar-refractivity contribution >= 4 is 43.2 Å². The van der Waals surface area contributed by atoms with Crippen LogP contribution in [0.2, 0.25) is 0 Å². The molecule has 1 unspecified atom stereocenters. The monoisotopic (exact) mass is 377 g/mol. The molecule has 17 heavy (non-hydrogen) atoms. The molecule has 2 rings (SSSR count). The number of thiophene rings is 1. The fraction of sp³-hybridized carbons (Fsp3) is 0.167. The Bertz CT molecular complexity index is 527. The molecule has 1 aromatic heterocycles. The molecule has 1 aromatic carbocycles. The molecule has 0 spiro atoms. The van der Waals surface area contributed by atoms with Crippen LogP contribution >= 0.6 is 43.2 Å². The summed E-state index contributed by atoms with van der Waals surface area (Å²) in [5.41, 5.74) is 6.58. The van der Waals surface area contributed by atoms with Crippen LogP contribution in [0.25, 0.3) is 0 Å². The third-order valence-electron chi connectivity index (χ3n) is 2.41. The van der Waals surface area contributed by atoms with Crippen LogP contribution in [0.4, 0.5) is 4.39 Å². The van der Waals surface area contributed by atoms with E-state index in [0.29, 0.717) is 12.0 Å². The molecule has 0 aliphatic heterocycles. The lowest BCUT2D eigenvalue weighted by Crippen LogP contribution is -2.14. The highest BCUT2D eigenvalue weighted by Gasteiger charge is 2.13. The van der Waals surface area contributed by atoms with Crippen LogP contribution in [0.15, 0.2) is 38.6 Å². The van der Waals surface area contributed by atoms with Crippen molar-refractivity contribution in [3.63, 3.8) is 0 Å². The smallest absolute Gasteiger partial charge is 0.128 e. The summed E-state index contributed by atoms with van der Waals surface area (Å²) in [6.07, 6.45) is 0.642. The molecule has 90 valence electrons. The van der Waals surface area contributed by atoms with E-state index in [4.69, 9.17) is 5.73 Å². The van der Waals surface area contributed by atoms with Crippen LogP contribution in [-0.4, -0.2) is 0 Å². The third-order valence-corrected chi connectivity index (χ3v) is 4.55. The lowest BCUT2D eigenvalue weighted by molar-refractivity contribution is 0.581. The third kappa shape index (κ3) is 3.37. The minimum absolute atomic E-state index is 0.253. The lowest BCUT2D eigenvalue weighted by atomic mass is 10.0. The first-order valence-corrected chi connectivity index (χ1v) is 7.41. The van der Waals surface area contributed by atoms with Crippen molar-refractivity contribution in [1.82, 2.24) is 0 Å². The molecular weight excluding hydrogens is 369 g/mol. The summed E-state index contributed by atoms with van der Waals surface area (Å²) in [5.74, 6) is -0.253. The zero-order chi connectivity index (χ0) is 12.4. The molecule has 1 atom stereocenters. The van der Waals surface area contributed by atoms with E-state index in [1.165, 1.54) is 6.07 Å². The Morgan fingerprint density at radius 3 is 2.65 bits per heavy atom. The van der Waals surface area contributed by atoms with E-state index in [2.05, 4.69) is 31.9 Å². The summed E-state index contributed by atoms with van der Waals surface area (Å²) < 4.78 is 15.5. The van der Waals surface area contributed by atoms with Crippen molar-refractivity contribution in [2.75, 3.05) is 0 Å². The number of hydrogen-bond acceptors (Lipinski definition) is 2. The maximum Gasteiger partial charge on any atom is 0.128 e. The minimum atomic E-state index is -0.321. The van der Waals surface area contributed by atoms with Crippen LogP contribution < -0.4 is 5.73 Å². The predicted molar refractivity (Wildman–Crippen MR) is 76.8 cm³/mol. The molecular formula is C12H10Br2FNS. The van der Waals surface area contributed by atoms with Gasteiger partial charge in [0.1, 0.15) is 5.82 Å². The second-order valence-corrected chi connectivity index (χ2v) is 7.15. The number of nitrogens with two attached hydrogens (primary N) is 1.